The first-order chi connectivity index (χ1) is 10.9. The van der Waals surface area contributed by atoms with Gasteiger partial charge in [-0.3, -0.25) is 0 Å². The van der Waals surface area contributed by atoms with Crippen LogP contribution in [0.25, 0.3) is 0 Å². The summed E-state index contributed by atoms with van der Waals surface area (Å²) in [4.78, 5) is 13.6. The summed E-state index contributed by atoms with van der Waals surface area (Å²) in [5, 5.41) is 2.80. The van der Waals surface area contributed by atoms with E-state index in [9.17, 15) is 13.6 Å². The first-order valence-corrected chi connectivity index (χ1v) is 7.06. The number of ether oxygens (including phenoxy) is 1. The topological polar surface area (TPSA) is 41.6 Å². The minimum absolute atomic E-state index is 0.0932. The third-order valence-corrected chi connectivity index (χ3v) is 3.18. The Kier molecular flexibility index (Phi) is 5.51. The van der Waals surface area contributed by atoms with Crippen LogP contribution in [-0.2, 0) is 6.54 Å². The van der Waals surface area contributed by atoms with Gasteiger partial charge in [-0.1, -0.05) is 24.3 Å². The van der Waals surface area contributed by atoms with Gasteiger partial charge in [0.05, 0.1) is 0 Å². The lowest BCUT2D eigenvalue weighted by Gasteiger charge is -2.18. The lowest BCUT2D eigenvalue weighted by Crippen LogP contribution is -2.30. The van der Waals surface area contributed by atoms with Crippen molar-refractivity contribution in [1.29, 1.82) is 0 Å². The van der Waals surface area contributed by atoms with E-state index in [2.05, 4.69) is 10.1 Å². The zero-order chi connectivity index (χ0) is 16.8. The predicted octanol–water partition coefficient (Wildman–Crippen LogP) is 4.26. The molecule has 4 nitrogen and oxygen atoms in total. The molecule has 0 radical (unpaired) electrons. The average molecular weight is 320 g/mol. The largest absolute Gasteiger partial charge is 0.435 e. The number of rotatable bonds is 5. The second kappa shape index (κ2) is 7.58. The average Bonchev–Trinajstić information content (AvgIpc) is 2.48. The van der Waals surface area contributed by atoms with Crippen molar-refractivity contribution in [1.82, 2.24) is 4.90 Å². The summed E-state index contributed by atoms with van der Waals surface area (Å²) in [6, 6.07) is 13.5. The Morgan fingerprint density at radius 1 is 1.22 bits per heavy atom. The minimum atomic E-state index is -2.84. The molecule has 23 heavy (non-hydrogen) atoms. The van der Waals surface area contributed by atoms with Crippen LogP contribution in [0, 0.1) is 6.92 Å². The summed E-state index contributed by atoms with van der Waals surface area (Å²) in [5.41, 5.74) is 2.59. The Morgan fingerprint density at radius 3 is 2.52 bits per heavy atom. The molecular formula is C17H18F2N2O2. The molecule has 0 fully saturated rings. The molecule has 0 atom stereocenters. The summed E-state index contributed by atoms with van der Waals surface area (Å²) in [5.74, 6) is 0.0932. The molecule has 122 valence electrons. The monoisotopic (exact) mass is 320 g/mol. The summed E-state index contributed by atoms with van der Waals surface area (Å²) >= 11 is 0. The molecule has 0 unspecified atom stereocenters. The highest BCUT2D eigenvalue weighted by molar-refractivity contribution is 5.89. The van der Waals surface area contributed by atoms with E-state index in [0.29, 0.717) is 6.54 Å². The number of carbonyl (C=O) groups excluding carboxylic acids is 1. The van der Waals surface area contributed by atoms with Crippen molar-refractivity contribution in [2.75, 3.05) is 12.4 Å². The fourth-order valence-electron chi connectivity index (χ4n) is 2.06. The first kappa shape index (κ1) is 16.7. The van der Waals surface area contributed by atoms with Gasteiger partial charge in [0.2, 0.25) is 0 Å². The van der Waals surface area contributed by atoms with Gasteiger partial charge >= 0.3 is 12.6 Å². The van der Waals surface area contributed by atoms with Crippen LogP contribution in [0.2, 0.25) is 0 Å². The second-order valence-corrected chi connectivity index (χ2v) is 5.18. The van der Waals surface area contributed by atoms with Crippen LogP contribution < -0.4 is 10.1 Å². The SMILES string of the molecule is Cc1cccc(NC(=O)N(C)Cc2ccc(OC(F)F)cc2)c1. The molecule has 0 aromatic heterocycles. The van der Waals surface area contributed by atoms with Crippen LogP contribution in [0.1, 0.15) is 11.1 Å². The van der Waals surface area contributed by atoms with E-state index in [0.717, 1.165) is 16.8 Å². The smallest absolute Gasteiger partial charge is 0.387 e. The fraction of sp³-hybridized carbons (Fsp3) is 0.235. The number of aryl methyl sites for hydroxylation is 1. The third kappa shape index (κ3) is 5.25. The standard InChI is InChI=1S/C17H18F2N2O2/c1-12-4-3-5-14(10-12)20-17(22)21(2)11-13-6-8-15(9-7-13)23-16(18)19/h3-10,16H,11H2,1-2H3,(H,20,22). The van der Waals surface area contributed by atoms with Gasteiger partial charge in [0.25, 0.3) is 0 Å². The lowest BCUT2D eigenvalue weighted by molar-refractivity contribution is -0.0498. The van der Waals surface area contributed by atoms with Crippen molar-refractivity contribution >= 4 is 11.7 Å². The molecule has 0 saturated carbocycles. The molecule has 0 bridgehead atoms. The zero-order valence-corrected chi connectivity index (χ0v) is 12.9. The Morgan fingerprint density at radius 2 is 1.91 bits per heavy atom. The van der Waals surface area contributed by atoms with Gasteiger partial charge in [0, 0.05) is 19.3 Å². The fourth-order valence-corrected chi connectivity index (χ4v) is 2.06. The van der Waals surface area contributed by atoms with Crippen LogP contribution in [-0.4, -0.2) is 24.6 Å². The number of nitrogens with zero attached hydrogens (tertiary/aromatic N) is 1. The first-order valence-electron chi connectivity index (χ1n) is 7.06. The van der Waals surface area contributed by atoms with Crippen LogP contribution >= 0.6 is 0 Å². The molecule has 1 N–H and O–H groups in total. The number of urea groups is 1. The van der Waals surface area contributed by atoms with Crippen molar-refractivity contribution < 1.29 is 18.3 Å². The van der Waals surface area contributed by atoms with Crippen LogP contribution in [0.4, 0.5) is 19.3 Å². The quantitative estimate of drug-likeness (QED) is 0.894. The molecule has 2 aromatic rings. The number of nitrogens with one attached hydrogen (secondary N) is 1. The maximum atomic E-state index is 12.1. The van der Waals surface area contributed by atoms with E-state index in [1.807, 2.05) is 31.2 Å². The number of carbonyl (C=O) groups is 1. The predicted molar refractivity (Wildman–Crippen MR) is 84.7 cm³/mol. The Bertz CT molecular complexity index is 660. The molecule has 0 heterocycles. The van der Waals surface area contributed by atoms with Gasteiger partial charge in [-0.05, 0) is 42.3 Å². The number of alkyl halides is 2. The molecule has 0 aliphatic heterocycles. The third-order valence-electron chi connectivity index (χ3n) is 3.18. The van der Waals surface area contributed by atoms with Gasteiger partial charge in [-0.15, -0.1) is 0 Å². The molecule has 2 rings (SSSR count). The second-order valence-electron chi connectivity index (χ2n) is 5.18. The maximum Gasteiger partial charge on any atom is 0.387 e. The number of halogens is 2. The van der Waals surface area contributed by atoms with Crippen LogP contribution in [0.5, 0.6) is 5.75 Å². The van der Waals surface area contributed by atoms with Crippen LogP contribution in [0.3, 0.4) is 0 Å². The summed E-state index contributed by atoms with van der Waals surface area (Å²) < 4.78 is 28.5. The summed E-state index contributed by atoms with van der Waals surface area (Å²) in [6.07, 6.45) is 0. The molecule has 0 spiro atoms. The molecular weight excluding hydrogens is 302 g/mol. The van der Waals surface area contributed by atoms with Crippen molar-refractivity contribution in [3.05, 3.63) is 59.7 Å². The Balaban J connectivity index is 1.92. The van der Waals surface area contributed by atoms with E-state index in [-0.39, 0.29) is 11.8 Å². The zero-order valence-electron chi connectivity index (χ0n) is 12.9. The van der Waals surface area contributed by atoms with Gasteiger partial charge in [0.1, 0.15) is 5.75 Å². The molecule has 0 aliphatic carbocycles. The number of hydrogen-bond acceptors (Lipinski definition) is 2. The van der Waals surface area contributed by atoms with Crippen molar-refractivity contribution in [3.63, 3.8) is 0 Å². The van der Waals surface area contributed by atoms with E-state index in [1.54, 1.807) is 19.2 Å². The van der Waals surface area contributed by atoms with E-state index in [4.69, 9.17) is 0 Å². The van der Waals surface area contributed by atoms with Crippen LogP contribution in [0.15, 0.2) is 48.5 Å². The number of anilines is 1. The van der Waals surface area contributed by atoms with Crippen molar-refractivity contribution in [3.8, 4) is 5.75 Å². The van der Waals surface area contributed by atoms with Gasteiger partial charge in [-0.2, -0.15) is 8.78 Å². The molecule has 0 saturated heterocycles. The highest BCUT2D eigenvalue weighted by atomic mass is 19.3. The van der Waals surface area contributed by atoms with E-state index < -0.39 is 6.61 Å². The lowest BCUT2D eigenvalue weighted by atomic mass is 10.2. The summed E-state index contributed by atoms with van der Waals surface area (Å²) in [7, 11) is 1.66. The number of hydrogen-bond donors (Lipinski definition) is 1. The number of benzene rings is 2. The van der Waals surface area contributed by atoms with E-state index >= 15 is 0 Å². The van der Waals surface area contributed by atoms with Crippen molar-refractivity contribution in [2.45, 2.75) is 20.1 Å². The Hall–Kier alpha value is -2.63. The minimum Gasteiger partial charge on any atom is -0.435 e. The highest BCUT2D eigenvalue weighted by Crippen LogP contribution is 2.16. The molecule has 2 amide bonds. The van der Waals surface area contributed by atoms with Gasteiger partial charge < -0.3 is 15.0 Å². The van der Waals surface area contributed by atoms with Gasteiger partial charge in [0.15, 0.2) is 0 Å². The molecule has 6 heteroatoms. The molecule has 2 aromatic carbocycles. The van der Waals surface area contributed by atoms with Crippen molar-refractivity contribution in [2.24, 2.45) is 0 Å². The Labute approximate surface area is 133 Å². The maximum absolute atomic E-state index is 12.1. The number of amides is 2. The van der Waals surface area contributed by atoms with E-state index in [1.165, 1.54) is 17.0 Å². The normalized spacial score (nSPS) is 10.5. The van der Waals surface area contributed by atoms with Gasteiger partial charge in [-0.25, -0.2) is 4.79 Å². The summed E-state index contributed by atoms with van der Waals surface area (Å²) in [6.45, 7) is -0.543. The molecule has 0 aliphatic rings. The highest BCUT2D eigenvalue weighted by Gasteiger charge is 2.10.